The number of hydrogen-bond donors (Lipinski definition) is 1. The standard InChI is InChI=1S/C12H16N2O3/c1-15-10-6-8(9(14)4-5-13)7-11(16-2)12(10)17-3/h6-7,9H,4,14H2,1-3H3/t9-/m1/s1. The van der Waals surface area contributed by atoms with Gasteiger partial charge in [0.05, 0.1) is 33.8 Å². The van der Waals surface area contributed by atoms with Crippen LogP contribution in [0.1, 0.15) is 18.0 Å². The Morgan fingerprint density at radius 1 is 1.18 bits per heavy atom. The maximum Gasteiger partial charge on any atom is 0.203 e. The van der Waals surface area contributed by atoms with Crippen molar-refractivity contribution in [3.05, 3.63) is 17.7 Å². The summed E-state index contributed by atoms with van der Waals surface area (Å²) in [5.74, 6) is 1.59. The van der Waals surface area contributed by atoms with Crippen LogP contribution < -0.4 is 19.9 Å². The molecule has 1 atom stereocenters. The lowest BCUT2D eigenvalue weighted by atomic mass is 10.0. The van der Waals surface area contributed by atoms with Crippen LogP contribution >= 0.6 is 0 Å². The molecule has 0 aliphatic heterocycles. The van der Waals surface area contributed by atoms with Gasteiger partial charge in [-0.15, -0.1) is 0 Å². The molecule has 0 fully saturated rings. The van der Waals surface area contributed by atoms with Gasteiger partial charge in [0, 0.05) is 6.04 Å². The van der Waals surface area contributed by atoms with Crippen LogP contribution in [0, 0.1) is 11.3 Å². The number of rotatable bonds is 5. The highest BCUT2D eigenvalue weighted by Gasteiger charge is 2.16. The van der Waals surface area contributed by atoms with Gasteiger partial charge in [-0.25, -0.2) is 0 Å². The van der Waals surface area contributed by atoms with Crippen molar-refractivity contribution in [1.82, 2.24) is 0 Å². The van der Waals surface area contributed by atoms with Gasteiger partial charge >= 0.3 is 0 Å². The molecule has 5 nitrogen and oxygen atoms in total. The van der Waals surface area contributed by atoms with E-state index in [1.165, 1.54) is 21.3 Å². The molecule has 0 unspecified atom stereocenters. The van der Waals surface area contributed by atoms with Crippen molar-refractivity contribution in [3.63, 3.8) is 0 Å². The Labute approximate surface area is 101 Å². The molecule has 1 aromatic rings. The summed E-state index contributed by atoms with van der Waals surface area (Å²) in [6, 6.07) is 5.17. The topological polar surface area (TPSA) is 77.5 Å². The summed E-state index contributed by atoms with van der Waals surface area (Å²) in [5, 5.41) is 8.63. The molecular formula is C12H16N2O3. The molecule has 0 heterocycles. The number of benzene rings is 1. The minimum atomic E-state index is -0.367. The number of ether oxygens (including phenoxy) is 3. The van der Waals surface area contributed by atoms with Crippen molar-refractivity contribution in [3.8, 4) is 23.3 Å². The summed E-state index contributed by atoms with van der Waals surface area (Å²) in [4.78, 5) is 0. The van der Waals surface area contributed by atoms with Crippen LogP contribution in [0.15, 0.2) is 12.1 Å². The number of methoxy groups -OCH3 is 3. The van der Waals surface area contributed by atoms with E-state index in [0.717, 1.165) is 5.56 Å². The molecule has 1 rings (SSSR count). The molecule has 0 amide bonds. The lowest BCUT2D eigenvalue weighted by molar-refractivity contribution is 0.323. The molecule has 0 bridgehead atoms. The first-order valence-electron chi connectivity index (χ1n) is 5.10. The molecule has 0 aliphatic rings. The lowest BCUT2D eigenvalue weighted by Crippen LogP contribution is -2.10. The van der Waals surface area contributed by atoms with Gasteiger partial charge in [0.15, 0.2) is 11.5 Å². The third kappa shape index (κ3) is 2.80. The maximum atomic E-state index is 8.63. The predicted molar refractivity (Wildman–Crippen MR) is 63.3 cm³/mol. The van der Waals surface area contributed by atoms with Crippen LogP contribution in [0.3, 0.4) is 0 Å². The first kappa shape index (κ1) is 13.1. The van der Waals surface area contributed by atoms with Crippen molar-refractivity contribution >= 4 is 0 Å². The Bertz CT molecular complexity index is 401. The van der Waals surface area contributed by atoms with E-state index in [0.29, 0.717) is 17.2 Å². The second-order valence-electron chi connectivity index (χ2n) is 3.43. The van der Waals surface area contributed by atoms with Crippen molar-refractivity contribution in [2.24, 2.45) is 5.73 Å². The predicted octanol–water partition coefficient (Wildman–Crippen LogP) is 1.63. The normalized spacial score (nSPS) is 11.5. The van der Waals surface area contributed by atoms with Gasteiger partial charge in [-0.3, -0.25) is 0 Å². The van der Waals surface area contributed by atoms with Crippen molar-refractivity contribution in [2.75, 3.05) is 21.3 Å². The number of nitrogens with two attached hydrogens (primary N) is 1. The van der Waals surface area contributed by atoms with E-state index in [4.69, 9.17) is 25.2 Å². The fraction of sp³-hybridized carbons (Fsp3) is 0.417. The van der Waals surface area contributed by atoms with Crippen molar-refractivity contribution in [2.45, 2.75) is 12.5 Å². The first-order valence-corrected chi connectivity index (χ1v) is 5.10. The van der Waals surface area contributed by atoms with E-state index < -0.39 is 0 Å². The third-order valence-electron chi connectivity index (χ3n) is 2.43. The zero-order valence-electron chi connectivity index (χ0n) is 10.2. The smallest absolute Gasteiger partial charge is 0.203 e. The maximum absolute atomic E-state index is 8.63. The highest BCUT2D eigenvalue weighted by atomic mass is 16.5. The largest absolute Gasteiger partial charge is 0.493 e. The Hall–Kier alpha value is -1.93. The van der Waals surface area contributed by atoms with Gasteiger partial charge < -0.3 is 19.9 Å². The van der Waals surface area contributed by atoms with Crippen LogP contribution in [0.4, 0.5) is 0 Å². The quantitative estimate of drug-likeness (QED) is 0.840. The van der Waals surface area contributed by atoms with Crippen LogP contribution in [0.25, 0.3) is 0 Å². The Morgan fingerprint density at radius 3 is 2.06 bits per heavy atom. The van der Waals surface area contributed by atoms with E-state index >= 15 is 0 Å². The minimum Gasteiger partial charge on any atom is -0.493 e. The second kappa shape index (κ2) is 5.97. The Balaban J connectivity index is 3.22. The highest BCUT2D eigenvalue weighted by molar-refractivity contribution is 5.54. The second-order valence-corrected chi connectivity index (χ2v) is 3.43. The van der Waals surface area contributed by atoms with Crippen LogP contribution in [0.5, 0.6) is 17.2 Å². The van der Waals surface area contributed by atoms with Gasteiger partial charge in [-0.2, -0.15) is 5.26 Å². The van der Waals surface area contributed by atoms with Gasteiger partial charge in [-0.1, -0.05) is 0 Å². The van der Waals surface area contributed by atoms with Gasteiger partial charge in [0.1, 0.15) is 0 Å². The molecule has 0 saturated heterocycles. The molecule has 0 aromatic heterocycles. The molecule has 0 spiro atoms. The number of nitrogens with zero attached hydrogens (tertiary/aromatic N) is 1. The van der Waals surface area contributed by atoms with Gasteiger partial charge in [0.2, 0.25) is 5.75 Å². The molecule has 5 heteroatoms. The Kier molecular flexibility index (Phi) is 4.61. The van der Waals surface area contributed by atoms with Crippen LogP contribution in [-0.4, -0.2) is 21.3 Å². The summed E-state index contributed by atoms with van der Waals surface area (Å²) >= 11 is 0. The van der Waals surface area contributed by atoms with E-state index in [1.807, 2.05) is 6.07 Å². The van der Waals surface area contributed by atoms with Gasteiger partial charge in [0.25, 0.3) is 0 Å². The monoisotopic (exact) mass is 236 g/mol. The fourth-order valence-corrected chi connectivity index (χ4v) is 1.53. The average Bonchev–Trinajstić information content (AvgIpc) is 2.37. The molecular weight excluding hydrogens is 220 g/mol. The van der Waals surface area contributed by atoms with Crippen molar-refractivity contribution < 1.29 is 14.2 Å². The summed E-state index contributed by atoms with van der Waals surface area (Å²) in [5.41, 5.74) is 6.65. The zero-order chi connectivity index (χ0) is 12.8. The van der Waals surface area contributed by atoms with Gasteiger partial charge in [-0.05, 0) is 17.7 Å². The van der Waals surface area contributed by atoms with E-state index in [1.54, 1.807) is 12.1 Å². The molecule has 92 valence electrons. The summed E-state index contributed by atoms with van der Waals surface area (Å²) in [6.45, 7) is 0. The Morgan fingerprint density at radius 2 is 1.71 bits per heavy atom. The van der Waals surface area contributed by atoms with E-state index in [2.05, 4.69) is 0 Å². The molecule has 0 aliphatic carbocycles. The van der Waals surface area contributed by atoms with Crippen molar-refractivity contribution in [1.29, 1.82) is 5.26 Å². The van der Waals surface area contributed by atoms with Crippen LogP contribution in [-0.2, 0) is 0 Å². The zero-order valence-corrected chi connectivity index (χ0v) is 10.2. The molecule has 0 saturated carbocycles. The summed E-state index contributed by atoms with van der Waals surface area (Å²) in [7, 11) is 4.61. The molecule has 17 heavy (non-hydrogen) atoms. The highest BCUT2D eigenvalue weighted by Crippen LogP contribution is 2.39. The SMILES string of the molecule is COc1cc([C@H](N)CC#N)cc(OC)c1OC. The summed E-state index contributed by atoms with van der Waals surface area (Å²) < 4.78 is 15.6. The fourth-order valence-electron chi connectivity index (χ4n) is 1.53. The van der Waals surface area contributed by atoms with E-state index in [9.17, 15) is 0 Å². The average molecular weight is 236 g/mol. The lowest BCUT2D eigenvalue weighted by Gasteiger charge is -2.16. The molecule has 2 N–H and O–H groups in total. The van der Waals surface area contributed by atoms with Crippen LogP contribution in [0.2, 0.25) is 0 Å². The van der Waals surface area contributed by atoms with E-state index in [-0.39, 0.29) is 12.5 Å². The molecule has 1 aromatic carbocycles. The third-order valence-corrected chi connectivity index (χ3v) is 2.43. The minimum absolute atomic E-state index is 0.235. The number of nitriles is 1. The first-order chi connectivity index (χ1) is 8.17. The number of hydrogen-bond acceptors (Lipinski definition) is 5. The summed E-state index contributed by atoms with van der Waals surface area (Å²) in [6.07, 6.45) is 0.235. The molecule has 0 radical (unpaired) electrons.